The molecular formula is C27H26F6O. The van der Waals surface area contributed by atoms with E-state index in [-0.39, 0.29) is 24.2 Å². The van der Waals surface area contributed by atoms with Gasteiger partial charge < -0.3 is 4.74 Å². The molecule has 0 aromatic heterocycles. The van der Waals surface area contributed by atoms with E-state index in [4.69, 9.17) is 4.74 Å². The molecule has 182 valence electrons. The van der Waals surface area contributed by atoms with Gasteiger partial charge in [-0.3, -0.25) is 0 Å². The van der Waals surface area contributed by atoms with Gasteiger partial charge in [0.05, 0.1) is 23.5 Å². The molecule has 0 fully saturated rings. The number of fused-ring (bicyclic) bond motifs is 3. The van der Waals surface area contributed by atoms with E-state index in [1.807, 2.05) is 19.1 Å². The third-order valence-electron chi connectivity index (χ3n) is 6.56. The Morgan fingerprint density at radius 1 is 0.941 bits per heavy atom. The zero-order valence-corrected chi connectivity index (χ0v) is 19.0. The van der Waals surface area contributed by atoms with Crippen molar-refractivity contribution in [1.82, 2.24) is 0 Å². The second-order valence-corrected chi connectivity index (χ2v) is 8.77. The molecule has 1 atom stereocenters. The van der Waals surface area contributed by atoms with E-state index in [1.54, 1.807) is 13.0 Å². The van der Waals surface area contributed by atoms with Crippen molar-refractivity contribution < 1.29 is 31.1 Å². The molecule has 0 N–H and O–H groups in total. The minimum atomic E-state index is -4.91. The predicted octanol–water partition coefficient (Wildman–Crippen LogP) is 8.53. The number of benzene rings is 2. The number of aryl methyl sites for hydroxylation is 1. The summed E-state index contributed by atoms with van der Waals surface area (Å²) in [6.07, 6.45) is 8.05. The lowest BCUT2D eigenvalue weighted by Gasteiger charge is -2.36. The van der Waals surface area contributed by atoms with Crippen molar-refractivity contribution in [2.75, 3.05) is 6.61 Å². The summed E-state index contributed by atoms with van der Waals surface area (Å²) in [7, 11) is 0. The topological polar surface area (TPSA) is 9.23 Å². The quantitative estimate of drug-likeness (QED) is 0.297. The van der Waals surface area contributed by atoms with Crippen LogP contribution in [0.1, 0.15) is 67.7 Å². The highest BCUT2D eigenvalue weighted by Crippen LogP contribution is 2.59. The predicted molar refractivity (Wildman–Crippen MR) is 119 cm³/mol. The van der Waals surface area contributed by atoms with Crippen molar-refractivity contribution in [2.24, 2.45) is 0 Å². The van der Waals surface area contributed by atoms with E-state index in [1.165, 1.54) is 24.3 Å². The maximum Gasteiger partial charge on any atom is 0.343 e. The molecule has 0 amide bonds. The van der Waals surface area contributed by atoms with Crippen LogP contribution in [-0.4, -0.2) is 6.61 Å². The van der Waals surface area contributed by atoms with Crippen LogP contribution < -0.4 is 0 Å². The largest absolute Gasteiger partial charge is 0.498 e. The molecule has 0 bridgehead atoms. The highest BCUT2D eigenvalue weighted by atomic mass is 19.3. The molecular weight excluding hydrogens is 454 g/mol. The Kier molecular flexibility index (Phi) is 6.58. The summed E-state index contributed by atoms with van der Waals surface area (Å²) in [4.78, 5) is 0. The third-order valence-corrected chi connectivity index (χ3v) is 6.56. The smallest absolute Gasteiger partial charge is 0.343 e. The molecule has 1 heterocycles. The molecule has 34 heavy (non-hydrogen) atoms. The van der Waals surface area contributed by atoms with Crippen LogP contribution in [0.3, 0.4) is 0 Å². The number of hydrogen-bond donors (Lipinski definition) is 0. The minimum Gasteiger partial charge on any atom is -0.498 e. The molecule has 1 unspecified atom stereocenters. The van der Waals surface area contributed by atoms with Gasteiger partial charge in [-0.2, -0.15) is 17.6 Å². The van der Waals surface area contributed by atoms with Gasteiger partial charge in [0, 0.05) is 12.3 Å². The fraction of sp³-hybridized carbons (Fsp3) is 0.407. The van der Waals surface area contributed by atoms with Gasteiger partial charge in [0.25, 0.3) is 0 Å². The summed E-state index contributed by atoms with van der Waals surface area (Å²) in [5, 5.41) is 0. The standard InChI is InChI=1S/C27H26F6O/c1-3-5-6-8-18-11-9-17(15-34-18)19-13-14-21-20-12-10-16(7-4-2)24(28)22(20)26(30,31)27(32,33)23(21)25(19)29/h3,5,10-14,17H,4,6-9,15H2,1-2H3. The van der Waals surface area contributed by atoms with Gasteiger partial charge in [0.1, 0.15) is 11.6 Å². The van der Waals surface area contributed by atoms with Crippen molar-refractivity contribution >= 4 is 0 Å². The second-order valence-electron chi connectivity index (χ2n) is 8.77. The Labute approximate surface area is 195 Å². The lowest BCUT2D eigenvalue weighted by molar-refractivity contribution is -0.227. The Hall–Kier alpha value is -2.70. The van der Waals surface area contributed by atoms with E-state index in [0.29, 0.717) is 19.3 Å². The summed E-state index contributed by atoms with van der Waals surface area (Å²) in [6.45, 7) is 3.69. The average molecular weight is 480 g/mol. The fourth-order valence-corrected chi connectivity index (χ4v) is 4.76. The number of rotatable bonds is 6. The van der Waals surface area contributed by atoms with E-state index in [2.05, 4.69) is 0 Å². The molecule has 2 aliphatic rings. The zero-order valence-electron chi connectivity index (χ0n) is 19.0. The first kappa shape index (κ1) is 24.4. The first-order valence-corrected chi connectivity index (χ1v) is 11.5. The number of alkyl halides is 4. The van der Waals surface area contributed by atoms with Crippen molar-refractivity contribution in [3.05, 3.63) is 82.1 Å². The number of ether oxygens (including phenoxy) is 1. The molecule has 1 nitrogen and oxygen atoms in total. The van der Waals surface area contributed by atoms with Gasteiger partial charge in [-0.25, -0.2) is 8.78 Å². The van der Waals surface area contributed by atoms with E-state index >= 15 is 22.0 Å². The monoisotopic (exact) mass is 480 g/mol. The molecule has 1 aliphatic carbocycles. The molecule has 1 aliphatic heterocycles. The fourth-order valence-electron chi connectivity index (χ4n) is 4.76. The number of hydrogen-bond acceptors (Lipinski definition) is 1. The van der Waals surface area contributed by atoms with Crippen LogP contribution in [0.5, 0.6) is 0 Å². The number of halogens is 6. The minimum absolute atomic E-state index is 0.0605. The summed E-state index contributed by atoms with van der Waals surface area (Å²) >= 11 is 0. The molecule has 2 aromatic carbocycles. The van der Waals surface area contributed by atoms with Crippen LogP contribution in [0.15, 0.2) is 48.3 Å². The SMILES string of the molecule is CC=CCCC1=CCC(c2ccc3c(c2F)C(F)(F)C(F)(F)c2c-3ccc(CCC)c2F)CO1. The Morgan fingerprint density at radius 3 is 2.18 bits per heavy atom. The molecule has 4 rings (SSSR count). The Morgan fingerprint density at radius 2 is 1.59 bits per heavy atom. The van der Waals surface area contributed by atoms with E-state index in [9.17, 15) is 4.39 Å². The van der Waals surface area contributed by atoms with Crippen LogP contribution in [-0.2, 0) is 23.0 Å². The average Bonchev–Trinajstić information content (AvgIpc) is 2.80. The highest BCUT2D eigenvalue weighted by Gasteiger charge is 2.65. The van der Waals surface area contributed by atoms with Crippen molar-refractivity contribution in [3.8, 4) is 11.1 Å². The summed E-state index contributed by atoms with van der Waals surface area (Å²) in [6, 6.07) is 5.01. The maximum atomic E-state index is 15.5. The number of allylic oxidation sites excluding steroid dienone is 4. The zero-order chi connectivity index (χ0) is 24.7. The lowest BCUT2D eigenvalue weighted by atomic mass is 9.77. The highest BCUT2D eigenvalue weighted by molar-refractivity contribution is 5.77. The van der Waals surface area contributed by atoms with Gasteiger partial charge in [-0.15, -0.1) is 0 Å². The summed E-state index contributed by atoms with van der Waals surface area (Å²) < 4.78 is 96.7. The first-order valence-electron chi connectivity index (χ1n) is 11.5. The Bertz CT molecular complexity index is 1150. The van der Waals surface area contributed by atoms with Gasteiger partial charge >= 0.3 is 11.8 Å². The van der Waals surface area contributed by atoms with Crippen LogP contribution in [0.25, 0.3) is 11.1 Å². The lowest BCUT2D eigenvalue weighted by Crippen LogP contribution is -2.41. The second kappa shape index (κ2) is 9.16. The van der Waals surface area contributed by atoms with Gasteiger partial charge in [-0.1, -0.05) is 49.8 Å². The van der Waals surface area contributed by atoms with Crippen LogP contribution in [0.4, 0.5) is 26.3 Å². The maximum absolute atomic E-state index is 15.5. The third kappa shape index (κ3) is 3.83. The van der Waals surface area contributed by atoms with Gasteiger partial charge in [0.2, 0.25) is 0 Å². The molecule has 2 aromatic rings. The van der Waals surface area contributed by atoms with Crippen LogP contribution >= 0.6 is 0 Å². The summed E-state index contributed by atoms with van der Waals surface area (Å²) in [5.74, 6) is -12.4. The molecule has 0 spiro atoms. The van der Waals surface area contributed by atoms with E-state index < -0.39 is 51.7 Å². The van der Waals surface area contributed by atoms with Crippen LogP contribution in [0, 0.1) is 11.6 Å². The van der Waals surface area contributed by atoms with Crippen molar-refractivity contribution in [1.29, 1.82) is 0 Å². The van der Waals surface area contributed by atoms with Crippen molar-refractivity contribution in [2.45, 2.75) is 63.7 Å². The normalized spacial score (nSPS) is 20.5. The van der Waals surface area contributed by atoms with Gasteiger partial charge in [-0.05, 0) is 54.5 Å². The Balaban J connectivity index is 1.78. The molecule has 0 radical (unpaired) electrons. The summed E-state index contributed by atoms with van der Waals surface area (Å²) in [5.41, 5.74) is -3.72. The van der Waals surface area contributed by atoms with Crippen molar-refractivity contribution in [3.63, 3.8) is 0 Å². The van der Waals surface area contributed by atoms with Crippen LogP contribution in [0.2, 0.25) is 0 Å². The molecule has 0 saturated carbocycles. The van der Waals surface area contributed by atoms with Gasteiger partial charge in [0.15, 0.2) is 0 Å². The van der Waals surface area contributed by atoms with E-state index in [0.717, 1.165) is 12.2 Å². The first-order chi connectivity index (χ1) is 16.1. The molecule has 7 heteroatoms. The molecule has 0 saturated heterocycles.